The molecule has 1 fully saturated rings. The van der Waals surface area contributed by atoms with E-state index in [9.17, 15) is 4.79 Å². The summed E-state index contributed by atoms with van der Waals surface area (Å²) >= 11 is 11.1. The molecule has 1 aromatic rings. The standard InChI is InChI=1S/C10H9ClN2OS/c1-6-9(14)13(10(15)12-6)8-5-3-2-4-7(8)11/h2-6H,1H3,(H,12,15). The van der Waals surface area contributed by atoms with E-state index in [0.29, 0.717) is 15.8 Å². The maximum absolute atomic E-state index is 11.8. The van der Waals surface area contributed by atoms with Gasteiger partial charge in [0.2, 0.25) is 0 Å². The molecule has 0 bridgehead atoms. The zero-order chi connectivity index (χ0) is 11.0. The molecule has 0 saturated carbocycles. The second-order valence-corrected chi connectivity index (χ2v) is 4.09. The number of hydrogen-bond acceptors (Lipinski definition) is 2. The fourth-order valence-electron chi connectivity index (χ4n) is 1.47. The lowest BCUT2D eigenvalue weighted by Gasteiger charge is -2.15. The van der Waals surface area contributed by atoms with Gasteiger partial charge in [0.1, 0.15) is 6.04 Å². The molecular formula is C10H9ClN2OS. The highest BCUT2D eigenvalue weighted by molar-refractivity contribution is 7.80. The van der Waals surface area contributed by atoms with E-state index in [0.717, 1.165) is 0 Å². The first-order chi connectivity index (χ1) is 7.11. The summed E-state index contributed by atoms with van der Waals surface area (Å²) in [5, 5.41) is 3.81. The van der Waals surface area contributed by atoms with Crippen molar-refractivity contribution in [3.63, 3.8) is 0 Å². The smallest absolute Gasteiger partial charge is 0.255 e. The largest absolute Gasteiger partial charge is 0.350 e. The summed E-state index contributed by atoms with van der Waals surface area (Å²) in [5.74, 6) is -0.0758. The topological polar surface area (TPSA) is 32.3 Å². The normalized spacial score (nSPS) is 20.7. The lowest BCUT2D eigenvalue weighted by molar-refractivity contribution is -0.117. The number of nitrogens with one attached hydrogen (secondary N) is 1. The summed E-state index contributed by atoms with van der Waals surface area (Å²) in [6.07, 6.45) is 0. The van der Waals surface area contributed by atoms with Crippen molar-refractivity contribution in [2.24, 2.45) is 0 Å². The van der Waals surface area contributed by atoms with Gasteiger partial charge in [-0.15, -0.1) is 0 Å². The van der Waals surface area contributed by atoms with Crippen molar-refractivity contribution >= 4 is 40.5 Å². The Balaban J connectivity index is 2.44. The molecule has 0 aliphatic carbocycles. The van der Waals surface area contributed by atoms with Crippen LogP contribution in [0.15, 0.2) is 24.3 Å². The van der Waals surface area contributed by atoms with Gasteiger partial charge in [-0.05, 0) is 31.3 Å². The summed E-state index contributed by atoms with van der Waals surface area (Å²) in [4.78, 5) is 13.2. The number of amides is 1. The van der Waals surface area contributed by atoms with Crippen LogP contribution < -0.4 is 10.2 Å². The van der Waals surface area contributed by atoms with Crippen LogP contribution in [0.1, 0.15) is 6.92 Å². The van der Waals surface area contributed by atoms with Crippen molar-refractivity contribution in [2.75, 3.05) is 4.90 Å². The maximum Gasteiger partial charge on any atom is 0.255 e. The minimum atomic E-state index is -0.284. The molecule has 1 atom stereocenters. The quantitative estimate of drug-likeness (QED) is 0.762. The van der Waals surface area contributed by atoms with Gasteiger partial charge in [-0.1, -0.05) is 23.7 Å². The van der Waals surface area contributed by atoms with E-state index in [1.54, 1.807) is 19.1 Å². The summed E-state index contributed by atoms with van der Waals surface area (Å²) < 4.78 is 0. The monoisotopic (exact) mass is 240 g/mol. The Hall–Kier alpha value is -1.13. The highest BCUT2D eigenvalue weighted by Crippen LogP contribution is 2.27. The third kappa shape index (κ3) is 1.70. The van der Waals surface area contributed by atoms with Crippen LogP contribution in [0.5, 0.6) is 0 Å². The zero-order valence-electron chi connectivity index (χ0n) is 8.03. The number of anilines is 1. The van der Waals surface area contributed by atoms with E-state index < -0.39 is 0 Å². The number of para-hydroxylation sites is 1. The highest BCUT2D eigenvalue weighted by Gasteiger charge is 2.34. The Kier molecular flexibility index (Phi) is 2.63. The van der Waals surface area contributed by atoms with Gasteiger partial charge in [-0.2, -0.15) is 0 Å². The SMILES string of the molecule is CC1NC(=S)N(c2ccccc2Cl)C1=O. The van der Waals surface area contributed by atoms with Crippen molar-refractivity contribution in [1.29, 1.82) is 0 Å². The van der Waals surface area contributed by atoms with Crippen molar-refractivity contribution < 1.29 is 4.79 Å². The van der Waals surface area contributed by atoms with E-state index in [2.05, 4.69) is 5.32 Å². The van der Waals surface area contributed by atoms with Gasteiger partial charge in [0.15, 0.2) is 5.11 Å². The molecule has 1 amide bonds. The summed E-state index contributed by atoms with van der Waals surface area (Å²) in [6.45, 7) is 1.77. The number of carbonyl (C=O) groups is 1. The molecule has 0 radical (unpaired) electrons. The molecule has 1 aromatic carbocycles. The van der Waals surface area contributed by atoms with Crippen LogP contribution in [0, 0.1) is 0 Å². The minimum Gasteiger partial charge on any atom is -0.350 e. The summed E-state index contributed by atoms with van der Waals surface area (Å²) in [6, 6.07) is 6.85. The van der Waals surface area contributed by atoms with Crippen molar-refractivity contribution in [2.45, 2.75) is 13.0 Å². The van der Waals surface area contributed by atoms with Gasteiger partial charge >= 0.3 is 0 Å². The Bertz CT molecular complexity index is 435. The van der Waals surface area contributed by atoms with Crippen LogP contribution in [0.4, 0.5) is 5.69 Å². The molecule has 0 spiro atoms. The van der Waals surface area contributed by atoms with Crippen molar-refractivity contribution in [3.8, 4) is 0 Å². The van der Waals surface area contributed by atoms with Crippen molar-refractivity contribution in [1.82, 2.24) is 5.32 Å². The third-order valence-electron chi connectivity index (χ3n) is 2.23. The van der Waals surface area contributed by atoms with Gasteiger partial charge in [0.25, 0.3) is 5.91 Å². The molecule has 1 aliphatic rings. The lowest BCUT2D eigenvalue weighted by Crippen LogP contribution is -2.30. The third-order valence-corrected chi connectivity index (χ3v) is 2.85. The molecule has 1 unspecified atom stereocenters. The number of hydrogen-bond donors (Lipinski definition) is 1. The summed E-state index contributed by atoms with van der Waals surface area (Å²) in [7, 11) is 0. The van der Waals surface area contributed by atoms with E-state index in [1.165, 1.54) is 4.90 Å². The number of carbonyl (C=O) groups excluding carboxylic acids is 1. The first-order valence-corrected chi connectivity index (χ1v) is 5.29. The number of benzene rings is 1. The molecule has 2 rings (SSSR count). The Labute approximate surface area is 98.0 Å². The van der Waals surface area contributed by atoms with Gasteiger partial charge in [0.05, 0.1) is 10.7 Å². The second-order valence-electron chi connectivity index (χ2n) is 3.30. The second kappa shape index (κ2) is 3.79. The maximum atomic E-state index is 11.8. The van der Waals surface area contributed by atoms with Crippen molar-refractivity contribution in [3.05, 3.63) is 29.3 Å². The van der Waals surface area contributed by atoms with Gasteiger partial charge in [0, 0.05) is 0 Å². The molecule has 78 valence electrons. The fourth-order valence-corrected chi connectivity index (χ4v) is 2.05. The van der Waals surface area contributed by atoms with E-state index in [4.69, 9.17) is 23.8 Å². The van der Waals surface area contributed by atoms with E-state index >= 15 is 0 Å². The number of nitrogens with zero attached hydrogens (tertiary/aromatic N) is 1. The predicted molar refractivity (Wildman–Crippen MR) is 64.1 cm³/mol. The Morgan fingerprint density at radius 3 is 2.67 bits per heavy atom. The van der Waals surface area contributed by atoms with Crippen LogP contribution in [0.25, 0.3) is 0 Å². The first kappa shape index (κ1) is 10.4. The molecule has 1 aliphatic heterocycles. The fraction of sp³-hybridized carbons (Fsp3) is 0.200. The average Bonchev–Trinajstić information content (AvgIpc) is 2.43. The van der Waals surface area contributed by atoms with Crippen LogP contribution >= 0.6 is 23.8 Å². The van der Waals surface area contributed by atoms with Crippen LogP contribution in [-0.4, -0.2) is 17.1 Å². The van der Waals surface area contributed by atoms with Gasteiger partial charge in [-0.3, -0.25) is 9.69 Å². The molecule has 1 heterocycles. The summed E-state index contributed by atoms with van der Waals surface area (Å²) in [5.41, 5.74) is 0.631. The van der Waals surface area contributed by atoms with E-state index in [-0.39, 0.29) is 11.9 Å². The first-order valence-electron chi connectivity index (χ1n) is 4.50. The van der Waals surface area contributed by atoms with Crippen LogP contribution in [0.3, 0.4) is 0 Å². The van der Waals surface area contributed by atoms with Gasteiger partial charge in [-0.25, -0.2) is 0 Å². The molecule has 1 N–H and O–H groups in total. The highest BCUT2D eigenvalue weighted by atomic mass is 35.5. The zero-order valence-corrected chi connectivity index (χ0v) is 9.60. The average molecular weight is 241 g/mol. The molecule has 3 nitrogen and oxygen atoms in total. The molecule has 0 aromatic heterocycles. The Morgan fingerprint density at radius 1 is 1.47 bits per heavy atom. The number of thiocarbonyl (C=S) groups is 1. The lowest BCUT2D eigenvalue weighted by atomic mass is 10.2. The van der Waals surface area contributed by atoms with Crippen LogP contribution in [0.2, 0.25) is 5.02 Å². The Morgan fingerprint density at radius 2 is 2.13 bits per heavy atom. The molecule has 1 saturated heterocycles. The van der Waals surface area contributed by atoms with Crippen LogP contribution in [-0.2, 0) is 4.79 Å². The van der Waals surface area contributed by atoms with Gasteiger partial charge < -0.3 is 5.32 Å². The molecule has 15 heavy (non-hydrogen) atoms. The molecular weight excluding hydrogens is 232 g/mol. The number of rotatable bonds is 1. The predicted octanol–water partition coefficient (Wildman–Crippen LogP) is 1.95. The number of halogens is 1. The van der Waals surface area contributed by atoms with E-state index in [1.807, 2.05) is 12.1 Å². The molecule has 5 heteroatoms. The minimum absolute atomic E-state index is 0.0758.